The highest BCUT2D eigenvalue weighted by molar-refractivity contribution is 7.13. The summed E-state index contributed by atoms with van der Waals surface area (Å²) in [4.78, 5) is 21.6. The number of pyridine rings is 1. The molecule has 28 heavy (non-hydrogen) atoms. The van der Waals surface area contributed by atoms with Crippen LogP contribution in [0, 0.1) is 6.92 Å². The second-order valence-electron chi connectivity index (χ2n) is 6.59. The van der Waals surface area contributed by atoms with Gasteiger partial charge in [-0.15, -0.1) is 11.3 Å². The molecule has 8 heteroatoms. The first-order valence-corrected chi connectivity index (χ1v) is 9.59. The Morgan fingerprint density at radius 3 is 2.93 bits per heavy atom. The zero-order chi connectivity index (χ0) is 19.3. The molecular weight excluding hydrogens is 372 g/mol. The van der Waals surface area contributed by atoms with E-state index in [-0.39, 0.29) is 5.91 Å². The third kappa shape index (κ3) is 2.74. The smallest absolute Gasteiger partial charge is 0.261 e. The first-order chi connectivity index (χ1) is 13.6. The fourth-order valence-electron chi connectivity index (χ4n) is 3.28. The van der Waals surface area contributed by atoms with Crippen molar-refractivity contribution in [2.75, 3.05) is 5.32 Å². The molecule has 1 aromatic carbocycles. The standard InChI is InChI=1S/C20H16N6OS/c1-12-11-28-20(23-12)24-19(27)16-8-15(10-26-6-5-21-18(16)26)13-3-4-17-14(7-13)9-22-25(17)2/h3-11H,1-2H3,(H,23,24,27). The topological polar surface area (TPSA) is 77.1 Å². The summed E-state index contributed by atoms with van der Waals surface area (Å²) >= 11 is 1.40. The van der Waals surface area contributed by atoms with Crippen LogP contribution in [0.25, 0.3) is 27.7 Å². The summed E-state index contributed by atoms with van der Waals surface area (Å²) in [5.41, 5.74) is 4.99. The molecule has 1 amide bonds. The number of imidazole rings is 1. The van der Waals surface area contributed by atoms with Gasteiger partial charge < -0.3 is 4.40 Å². The SMILES string of the molecule is Cc1csc(NC(=O)c2cc(-c3ccc4c(cnn4C)c3)cn3ccnc23)n1. The van der Waals surface area contributed by atoms with Gasteiger partial charge >= 0.3 is 0 Å². The molecule has 0 aliphatic heterocycles. The van der Waals surface area contributed by atoms with Crippen LogP contribution in [0.3, 0.4) is 0 Å². The van der Waals surface area contributed by atoms with E-state index in [4.69, 9.17) is 0 Å². The van der Waals surface area contributed by atoms with Crippen LogP contribution >= 0.6 is 11.3 Å². The van der Waals surface area contributed by atoms with E-state index in [1.165, 1.54) is 11.3 Å². The van der Waals surface area contributed by atoms with E-state index in [9.17, 15) is 4.79 Å². The van der Waals surface area contributed by atoms with Gasteiger partial charge in [0.15, 0.2) is 5.13 Å². The lowest BCUT2D eigenvalue weighted by Crippen LogP contribution is -2.13. The van der Waals surface area contributed by atoms with Gasteiger partial charge in [0, 0.05) is 36.4 Å². The van der Waals surface area contributed by atoms with Crippen molar-refractivity contribution < 1.29 is 4.79 Å². The molecule has 4 heterocycles. The van der Waals surface area contributed by atoms with Crippen LogP contribution in [0.15, 0.2) is 54.4 Å². The predicted molar refractivity (Wildman–Crippen MR) is 110 cm³/mol. The number of thiazole rings is 1. The van der Waals surface area contributed by atoms with Crippen molar-refractivity contribution in [1.82, 2.24) is 24.1 Å². The number of aryl methyl sites for hydroxylation is 2. The van der Waals surface area contributed by atoms with Gasteiger partial charge in [-0.2, -0.15) is 5.10 Å². The zero-order valence-corrected chi connectivity index (χ0v) is 16.1. The summed E-state index contributed by atoms with van der Waals surface area (Å²) in [7, 11) is 1.92. The van der Waals surface area contributed by atoms with Gasteiger partial charge in [0.25, 0.3) is 5.91 Å². The number of amides is 1. The highest BCUT2D eigenvalue weighted by Gasteiger charge is 2.16. The Bertz CT molecular complexity index is 1350. The molecule has 5 aromatic rings. The Labute approximate surface area is 164 Å². The maximum atomic E-state index is 12.9. The monoisotopic (exact) mass is 388 g/mol. The van der Waals surface area contributed by atoms with E-state index in [1.54, 1.807) is 6.20 Å². The van der Waals surface area contributed by atoms with Gasteiger partial charge in [0.05, 0.1) is 23.0 Å². The van der Waals surface area contributed by atoms with Crippen LogP contribution in [-0.4, -0.2) is 30.1 Å². The third-order valence-corrected chi connectivity index (χ3v) is 5.53. The largest absolute Gasteiger partial charge is 0.306 e. The van der Waals surface area contributed by atoms with Gasteiger partial charge in [0.2, 0.25) is 0 Å². The number of rotatable bonds is 3. The molecule has 0 saturated heterocycles. The van der Waals surface area contributed by atoms with E-state index < -0.39 is 0 Å². The van der Waals surface area contributed by atoms with Crippen LogP contribution in [0.2, 0.25) is 0 Å². The van der Waals surface area contributed by atoms with Crippen molar-refractivity contribution in [2.45, 2.75) is 6.92 Å². The Morgan fingerprint density at radius 2 is 2.11 bits per heavy atom. The minimum atomic E-state index is -0.227. The fraction of sp³-hybridized carbons (Fsp3) is 0.100. The normalized spacial score (nSPS) is 11.4. The predicted octanol–water partition coefficient (Wildman–Crippen LogP) is 3.91. The lowest BCUT2D eigenvalue weighted by atomic mass is 10.0. The van der Waals surface area contributed by atoms with Gasteiger partial charge in [-0.3, -0.25) is 14.8 Å². The van der Waals surface area contributed by atoms with E-state index in [2.05, 4.69) is 26.4 Å². The minimum absolute atomic E-state index is 0.227. The summed E-state index contributed by atoms with van der Waals surface area (Å²) in [5.74, 6) is -0.227. The number of hydrogen-bond acceptors (Lipinski definition) is 5. The molecule has 0 aliphatic carbocycles. The second-order valence-corrected chi connectivity index (χ2v) is 7.45. The average molecular weight is 388 g/mol. The molecule has 0 radical (unpaired) electrons. The summed E-state index contributed by atoms with van der Waals surface area (Å²) in [6.07, 6.45) is 7.34. The Morgan fingerprint density at radius 1 is 1.21 bits per heavy atom. The number of fused-ring (bicyclic) bond motifs is 2. The molecule has 0 saturated carbocycles. The molecule has 138 valence electrons. The lowest BCUT2D eigenvalue weighted by molar-refractivity contribution is 0.102. The number of carbonyl (C=O) groups excluding carboxylic acids is 1. The Hall–Kier alpha value is -3.52. The van der Waals surface area contributed by atoms with E-state index in [0.29, 0.717) is 16.3 Å². The number of hydrogen-bond donors (Lipinski definition) is 1. The van der Waals surface area contributed by atoms with Gasteiger partial charge in [-0.25, -0.2) is 9.97 Å². The lowest BCUT2D eigenvalue weighted by Gasteiger charge is -2.09. The molecule has 5 rings (SSSR count). The number of nitrogens with one attached hydrogen (secondary N) is 1. The molecular formula is C20H16N6OS. The van der Waals surface area contributed by atoms with Crippen molar-refractivity contribution in [3.8, 4) is 11.1 Å². The number of carbonyl (C=O) groups is 1. The summed E-state index contributed by atoms with van der Waals surface area (Å²) in [5, 5.41) is 10.7. The first-order valence-electron chi connectivity index (χ1n) is 8.71. The van der Waals surface area contributed by atoms with Crippen LogP contribution in [-0.2, 0) is 7.05 Å². The molecule has 4 aromatic heterocycles. The highest BCUT2D eigenvalue weighted by atomic mass is 32.1. The maximum Gasteiger partial charge on any atom is 0.261 e. The van der Waals surface area contributed by atoms with Crippen LogP contribution in [0.1, 0.15) is 16.1 Å². The first kappa shape index (κ1) is 16.6. The van der Waals surface area contributed by atoms with Crippen molar-refractivity contribution in [3.05, 3.63) is 65.7 Å². The van der Waals surface area contributed by atoms with E-state index in [0.717, 1.165) is 27.7 Å². The average Bonchev–Trinajstić information content (AvgIpc) is 3.41. The Balaban J connectivity index is 1.60. The summed E-state index contributed by atoms with van der Waals surface area (Å²) in [6, 6.07) is 8.02. The molecule has 0 unspecified atom stereocenters. The van der Waals surface area contributed by atoms with E-state index >= 15 is 0 Å². The highest BCUT2D eigenvalue weighted by Crippen LogP contribution is 2.27. The van der Waals surface area contributed by atoms with Crippen molar-refractivity contribution in [1.29, 1.82) is 0 Å². The van der Waals surface area contributed by atoms with Crippen LogP contribution in [0.4, 0.5) is 5.13 Å². The molecule has 7 nitrogen and oxygen atoms in total. The molecule has 0 fully saturated rings. The van der Waals surface area contributed by atoms with Crippen molar-refractivity contribution >= 4 is 38.9 Å². The fourth-order valence-corrected chi connectivity index (χ4v) is 3.96. The Kier molecular flexibility index (Phi) is 3.73. The molecule has 1 N–H and O–H groups in total. The summed E-state index contributed by atoms with van der Waals surface area (Å²) in [6.45, 7) is 1.90. The van der Waals surface area contributed by atoms with Gasteiger partial charge in [0.1, 0.15) is 5.65 Å². The quantitative estimate of drug-likeness (QED) is 0.508. The summed E-state index contributed by atoms with van der Waals surface area (Å²) < 4.78 is 3.71. The number of anilines is 1. The molecule has 0 atom stereocenters. The molecule has 0 spiro atoms. The number of nitrogens with zero attached hydrogens (tertiary/aromatic N) is 5. The van der Waals surface area contributed by atoms with Crippen LogP contribution in [0.5, 0.6) is 0 Å². The minimum Gasteiger partial charge on any atom is -0.306 e. The molecule has 0 bridgehead atoms. The third-order valence-electron chi connectivity index (χ3n) is 4.65. The second kappa shape index (κ2) is 6.28. The van der Waals surface area contributed by atoms with E-state index in [1.807, 2.05) is 65.2 Å². The van der Waals surface area contributed by atoms with Gasteiger partial charge in [-0.05, 0) is 36.2 Å². The molecule has 0 aliphatic rings. The van der Waals surface area contributed by atoms with Gasteiger partial charge in [-0.1, -0.05) is 6.07 Å². The maximum absolute atomic E-state index is 12.9. The van der Waals surface area contributed by atoms with Crippen LogP contribution < -0.4 is 5.32 Å². The zero-order valence-electron chi connectivity index (χ0n) is 15.2. The van der Waals surface area contributed by atoms with Crippen molar-refractivity contribution in [2.24, 2.45) is 7.05 Å². The number of benzene rings is 1. The number of aromatic nitrogens is 5. The van der Waals surface area contributed by atoms with Crippen molar-refractivity contribution in [3.63, 3.8) is 0 Å².